The highest BCUT2D eigenvalue weighted by Crippen LogP contribution is 2.15. The molecule has 1 unspecified atom stereocenters. The molecule has 21 heavy (non-hydrogen) atoms. The molecule has 2 N–H and O–H groups in total. The van der Waals surface area contributed by atoms with E-state index in [9.17, 15) is 8.42 Å². The van der Waals surface area contributed by atoms with Gasteiger partial charge in [0, 0.05) is 36.8 Å². The quantitative estimate of drug-likeness (QED) is 0.643. The minimum Gasteiger partial charge on any atom is -0.349 e. The van der Waals surface area contributed by atoms with Crippen LogP contribution in [0.5, 0.6) is 0 Å². The fourth-order valence-electron chi connectivity index (χ4n) is 2.12. The first-order chi connectivity index (χ1) is 9.94. The van der Waals surface area contributed by atoms with Crippen LogP contribution >= 0.6 is 11.8 Å². The van der Waals surface area contributed by atoms with Gasteiger partial charge in [0.15, 0.2) is 0 Å². The van der Waals surface area contributed by atoms with Crippen LogP contribution in [0.25, 0.3) is 0 Å². The number of nitrogens with one attached hydrogen (secondary N) is 2. The van der Waals surface area contributed by atoms with Crippen LogP contribution in [-0.2, 0) is 23.1 Å². The minimum atomic E-state index is -3.44. The highest BCUT2D eigenvalue weighted by atomic mass is 32.2. The number of rotatable bonds is 10. The molecule has 0 saturated heterocycles. The van der Waals surface area contributed by atoms with E-state index < -0.39 is 10.0 Å². The van der Waals surface area contributed by atoms with E-state index in [2.05, 4.69) is 17.0 Å². The van der Waals surface area contributed by atoms with Crippen molar-refractivity contribution >= 4 is 21.8 Å². The maximum Gasteiger partial charge on any atom is 0.242 e. The lowest BCUT2D eigenvalue weighted by Crippen LogP contribution is -2.34. The van der Waals surface area contributed by atoms with Gasteiger partial charge in [0.2, 0.25) is 10.0 Å². The van der Waals surface area contributed by atoms with Gasteiger partial charge in [0.05, 0.1) is 4.90 Å². The number of sulfonamides is 1. The van der Waals surface area contributed by atoms with E-state index in [4.69, 9.17) is 0 Å². The summed E-state index contributed by atoms with van der Waals surface area (Å²) in [7, 11) is -3.44. The van der Waals surface area contributed by atoms with Gasteiger partial charge in [-0.2, -0.15) is 11.8 Å². The lowest BCUT2D eigenvalue weighted by Gasteiger charge is -2.11. The van der Waals surface area contributed by atoms with Gasteiger partial charge in [0.25, 0.3) is 0 Å². The van der Waals surface area contributed by atoms with Crippen LogP contribution in [0.2, 0.25) is 0 Å². The Kier molecular flexibility index (Phi) is 7.79. The monoisotopic (exact) mass is 333 g/mol. The fourth-order valence-corrected chi connectivity index (χ4v) is 4.12. The molecule has 0 spiro atoms. The van der Waals surface area contributed by atoms with E-state index in [1.165, 1.54) is 0 Å². The van der Waals surface area contributed by atoms with Crippen molar-refractivity contribution in [3.63, 3.8) is 0 Å². The molecule has 1 heterocycles. The van der Waals surface area contributed by atoms with Gasteiger partial charge < -0.3 is 9.88 Å². The van der Waals surface area contributed by atoms with E-state index in [0.717, 1.165) is 31.0 Å². The zero-order valence-corrected chi connectivity index (χ0v) is 15.0. The second-order valence-corrected chi connectivity index (χ2v) is 7.73. The van der Waals surface area contributed by atoms with Crippen LogP contribution in [0.4, 0.5) is 0 Å². The van der Waals surface area contributed by atoms with Crippen molar-refractivity contribution in [3.8, 4) is 0 Å². The maximum absolute atomic E-state index is 12.4. The molecule has 0 radical (unpaired) electrons. The van der Waals surface area contributed by atoms with Gasteiger partial charge in [-0.05, 0) is 39.1 Å². The average Bonchev–Trinajstić information content (AvgIpc) is 2.83. The second-order valence-electron chi connectivity index (χ2n) is 5.11. The first-order valence-corrected chi connectivity index (χ1v) is 10.2. The molecule has 0 aromatic carbocycles. The fraction of sp³-hybridized carbons (Fsp3) is 0.714. The first-order valence-electron chi connectivity index (χ1n) is 7.35. The Hall–Kier alpha value is -0.500. The number of nitrogens with zero attached hydrogens (tertiary/aromatic N) is 1. The number of hydrogen-bond donors (Lipinski definition) is 2. The third kappa shape index (κ3) is 5.65. The number of thioether (sulfide) groups is 1. The molecule has 0 aliphatic carbocycles. The molecule has 1 aromatic rings. The Bertz CT molecular complexity index is 526. The number of hydrogen-bond acceptors (Lipinski definition) is 4. The normalized spacial score (nSPS) is 13.5. The molecule has 1 rings (SSSR count). The predicted octanol–water partition coefficient (Wildman–Crippen LogP) is 2.04. The van der Waals surface area contributed by atoms with Gasteiger partial charge >= 0.3 is 0 Å². The van der Waals surface area contributed by atoms with Gasteiger partial charge in [-0.15, -0.1) is 0 Å². The third-order valence-electron chi connectivity index (χ3n) is 3.12. The van der Waals surface area contributed by atoms with Crippen molar-refractivity contribution in [2.45, 2.75) is 51.2 Å². The van der Waals surface area contributed by atoms with Crippen LogP contribution in [0.1, 0.15) is 32.9 Å². The summed E-state index contributed by atoms with van der Waals surface area (Å²) in [6, 6.07) is 1.69. The van der Waals surface area contributed by atoms with Crippen LogP contribution in [0, 0.1) is 0 Å². The van der Waals surface area contributed by atoms with Crippen molar-refractivity contribution in [1.29, 1.82) is 0 Å². The zero-order chi connectivity index (χ0) is 15.9. The molecule has 1 aromatic heterocycles. The van der Waals surface area contributed by atoms with Crippen molar-refractivity contribution in [1.82, 2.24) is 14.6 Å². The Labute approximate surface area is 132 Å². The molecule has 1 atom stereocenters. The van der Waals surface area contributed by atoms with Crippen LogP contribution in [0.15, 0.2) is 17.2 Å². The average molecular weight is 334 g/mol. The van der Waals surface area contributed by atoms with Crippen molar-refractivity contribution in [2.24, 2.45) is 0 Å². The van der Waals surface area contributed by atoms with Crippen molar-refractivity contribution < 1.29 is 8.42 Å². The van der Waals surface area contributed by atoms with Gasteiger partial charge in [-0.1, -0.05) is 6.92 Å². The van der Waals surface area contributed by atoms with Crippen molar-refractivity contribution in [3.05, 3.63) is 18.0 Å². The van der Waals surface area contributed by atoms with E-state index in [0.29, 0.717) is 11.4 Å². The zero-order valence-electron chi connectivity index (χ0n) is 13.3. The maximum atomic E-state index is 12.4. The van der Waals surface area contributed by atoms with Crippen LogP contribution in [0.3, 0.4) is 0 Å². The van der Waals surface area contributed by atoms with Gasteiger partial charge in [-0.25, -0.2) is 13.1 Å². The smallest absolute Gasteiger partial charge is 0.242 e. The van der Waals surface area contributed by atoms with Crippen LogP contribution < -0.4 is 10.0 Å². The molecule has 122 valence electrons. The number of aromatic nitrogens is 1. The summed E-state index contributed by atoms with van der Waals surface area (Å²) in [4.78, 5) is 0.352. The summed E-state index contributed by atoms with van der Waals surface area (Å²) in [5, 5.41) is 3.31. The molecule has 7 heteroatoms. The largest absolute Gasteiger partial charge is 0.349 e. The molecule has 0 amide bonds. The lowest BCUT2D eigenvalue weighted by atomic mass is 10.4. The summed E-state index contributed by atoms with van der Waals surface area (Å²) < 4.78 is 29.5. The number of aryl methyl sites for hydroxylation is 1. The summed E-state index contributed by atoms with van der Waals surface area (Å²) >= 11 is 1.63. The molecule has 0 bridgehead atoms. The van der Waals surface area contributed by atoms with Crippen LogP contribution in [-0.4, -0.2) is 37.6 Å². The van der Waals surface area contributed by atoms with Crippen molar-refractivity contribution in [2.75, 3.05) is 18.6 Å². The topological polar surface area (TPSA) is 63.1 Å². The lowest BCUT2D eigenvalue weighted by molar-refractivity contribution is 0.570. The molecule has 5 nitrogen and oxygen atoms in total. The summed E-state index contributed by atoms with van der Waals surface area (Å²) in [5.41, 5.74) is 1.00. The summed E-state index contributed by atoms with van der Waals surface area (Å²) in [5.74, 6) is 0.763. The second kappa shape index (κ2) is 8.82. The van der Waals surface area contributed by atoms with E-state index in [1.54, 1.807) is 24.0 Å². The molecular weight excluding hydrogens is 306 g/mol. The summed E-state index contributed by atoms with van der Waals surface area (Å²) in [6.45, 7) is 8.40. The Morgan fingerprint density at radius 3 is 2.67 bits per heavy atom. The third-order valence-corrected chi connectivity index (χ3v) is 5.51. The predicted molar refractivity (Wildman–Crippen MR) is 90.3 cm³/mol. The Balaban J connectivity index is 2.86. The highest BCUT2D eigenvalue weighted by Gasteiger charge is 2.20. The molecule has 0 saturated carbocycles. The highest BCUT2D eigenvalue weighted by molar-refractivity contribution is 7.98. The van der Waals surface area contributed by atoms with Gasteiger partial charge in [-0.3, -0.25) is 0 Å². The molecule has 0 aliphatic heterocycles. The summed E-state index contributed by atoms with van der Waals surface area (Å²) in [6.07, 6.45) is 4.75. The van der Waals surface area contributed by atoms with E-state index in [1.807, 2.05) is 24.7 Å². The minimum absolute atomic E-state index is 0.0726. The van der Waals surface area contributed by atoms with Gasteiger partial charge in [0.1, 0.15) is 0 Å². The standard InChI is InChI=1S/C14H27N3O2S2/c1-5-7-15-9-13-8-14(10-17(13)6-2)21(18,19)16-12(3)11-20-4/h8,10,12,15-16H,5-7,9,11H2,1-4H3. The first kappa shape index (κ1) is 18.5. The van der Waals surface area contributed by atoms with E-state index in [-0.39, 0.29) is 6.04 Å². The molecule has 0 aliphatic rings. The Morgan fingerprint density at radius 1 is 1.38 bits per heavy atom. The Morgan fingerprint density at radius 2 is 2.10 bits per heavy atom. The SMILES string of the molecule is CCCNCc1cc(S(=O)(=O)NC(C)CSC)cn1CC. The molecular formula is C14H27N3O2S2. The van der Waals surface area contributed by atoms with E-state index >= 15 is 0 Å². The molecule has 0 fully saturated rings.